The summed E-state index contributed by atoms with van der Waals surface area (Å²) >= 11 is 0. The number of aromatic hydroxyl groups is 2. The van der Waals surface area contributed by atoms with Crippen molar-refractivity contribution >= 4 is 23.4 Å². The zero-order valence-electron chi connectivity index (χ0n) is 11.8. The van der Waals surface area contributed by atoms with Crippen LogP contribution in [0.25, 0.3) is 0 Å². The molecule has 0 aromatic heterocycles. The van der Waals surface area contributed by atoms with Gasteiger partial charge < -0.3 is 15.5 Å². The standard InChI is InChI=1S/C16H12N2O5/c19-11-5-4-8(6-12(11)20)7-13(21)17-10-3-1-2-9-14(10)16(23)18-15(9)22/h1-6,19-20H,7H2,(H,17,21)(H,18,22,23). The Morgan fingerprint density at radius 3 is 2.57 bits per heavy atom. The monoisotopic (exact) mass is 312 g/mol. The van der Waals surface area contributed by atoms with E-state index in [9.17, 15) is 24.6 Å². The first-order valence-electron chi connectivity index (χ1n) is 6.75. The summed E-state index contributed by atoms with van der Waals surface area (Å²) < 4.78 is 0. The summed E-state index contributed by atoms with van der Waals surface area (Å²) in [5.74, 6) is -2.06. The van der Waals surface area contributed by atoms with E-state index in [1.807, 2.05) is 0 Å². The second kappa shape index (κ2) is 5.45. The van der Waals surface area contributed by atoms with Crippen LogP contribution in [0.5, 0.6) is 11.5 Å². The number of hydrogen-bond donors (Lipinski definition) is 4. The van der Waals surface area contributed by atoms with Gasteiger partial charge in [-0.2, -0.15) is 0 Å². The highest BCUT2D eigenvalue weighted by Crippen LogP contribution is 2.26. The molecule has 1 heterocycles. The molecule has 0 saturated heterocycles. The molecular formula is C16H12N2O5. The van der Waals surface area contributed by atoms with Crippen LogP contribution < -0.4 is 10.6 Å². The van der Waals surface area contributed by atoms with E-state index in [1.54, 1.807) is 6.07 Å². The summed E-state index contributed by atoms with van der Waals surface area (Å²) in [6.07, 6.45) is -0.0624. The number of rotatable bonds is 3. The topological polar surface area (TPSA) is 116 Å². The molecule has 4 N–H and O–H groups in total. The smallest absolute Gasteiger partial charge is 0.261 e. The number of fused-ring (bicyclic) bond motifs is 1. The lowest BCUT2D eigenvalue weighted by Crippen LogP contribution is -2.21. The van der Waals surface area contributed by atoms with Crippen LogP contribution in [0.15, 0.2) is 36.4 Å². The highest BCUT2D eigenvalue weighted by atomic mass is 16.3. The van der Waals surface area contributed by atoms with Crippen molar-refractivity contribution in [2.24, 2.45) is 0 Å². The third kappa shape index (κ3) is 2.71. The van der Waals surface area contributed by atoms with Crippen molar-refractivity contribution in [3.8, 4) is 11.5 Å². The van der Waals surface area contributed by atoms with Gasteiger partial charge in [-0.15, -0.1) is 0 Å². The maximum Gasteiger partial charge on any atom is 0.261 e. The maximum absolute atomic E-state index is 12.1. The Morgan fingerprint density at radius 2 is 1.83 bits per heavy atom. The van der Waals surface area contributed by atoms with Gasteiger partial charge in [-0.05, 0) is 29.8 Å². The number of carbonyl (C=O) groups is 3. The molecule has 0 saturated carbocycles. The van der Waals surface area contributed by atoms with Crippen molar-refractivity contribution in [2.45, 2.75) is 6.42 Å². The first-order chi connectivity index (χ1) is 11.0. The van der Waals surface area contributed by atoms with Crippen LogP contribution in [0, 0.1) is 0 Å². The lowest BCUT2D eigenvalue weighted by Gasteiger charge is -2.09. The molecule has 1 aliphatic heterocycles. The summed E-state index contributed by atoms with van der Waals surface area (Å²) in [7, 11) is 0. The van der Waals surface area contributed by atoms with Gasteiger partial charge >= 0.3 is 0 Å². The summed E-state index contributed by atoms with van der Waals surface area (Å²) in [6, 6.07) is 8.66. The summed E-state index contributed by atoms with van der Waals surface area (Å²) in [6.45, 7) is 0. The van der Waals surface area contributed by atoms with Crippen molar-refractivity contribution < 1.29 is 24.6 Å². The van der Waals surface area contributed by atoms with Gasteiger partial charge in [0, 0.05) is 0 Å². The largest absolute Gasteiger partial charge is 0.504 e. The fourth-order valence-electron chi connectivity index (χ4n) is 2.38. The quantitative estimate of drug-likeness (QED) is 0.501. The van der Waals surface area contributed by atoms with Crippen molar-refractivity contribution in [1.82, 2.24) is 5.32 Å². The normalized spacial score (nSPS) is 12.7. The summed E-state index contributed by atoms with van der Waals surface area (Å²) in [5.41, 5.74) is 1.10. The Hall–Kier alpha value is -3.35. The van der Waals surface area contributed by atoms with E-state index in [-0.39, 0.29) is 34.7 Å². The first kappa shape index (κ1) is 14.6. The van der Waals surface area contributed by atoms with Crippen molar-refractivity contribution in [2.75, 3.05) is 5.32 Å². The van der Waals surface area contributed by atoms with E-state index in [4.69, 9.17) is 0 Å². The van der Waals surface area contributed by atoms with E-state index in [1.165, 1.54) is 30.3 Å². The zero-order chi connectivity index (χ0) is 16.6. The lowest BCUT2D eigenvalue weighted by atomic mass is 10.1. The first-order valence-corrected chi connectivity index (χ1v) is 6.75. The molecule has 2 aromatic rings. The lowest BCUT2D eigenvalue weighted by molar-refractivity contribution is -0.115. The minimum absolute atomic E-state index is 0.0624. The molecule has 0 bridgehead atoms. The molecule has 0 spiro atoms. The predicted molar refractivity (Wildman–Crippen MR) is 80.3 cm³/mol. The van der Waals surface area contributed by atoms with E-state index in [0.717, 1.165) is 0 Å². The van der Waals surface area contributed by atoms with Gasteiger partial charge in [0.15, 0.2) is 11.5 Å². The SMILES string of the molecule is O=C(Cc1ccc(O)c(O)c1)Nc1cccc2c1C(=O)NC2=O. The third-order valence-electron chi connectivity index (χ3n) is 3.44. The fraction of sp³-hybridized carbons (Fsp3) is 0.0625. The highest BCUT2D eigenvalue weighted by molar-refractivity contribution is 6.24. The van der Waals surface area contributed by atoms with Crippen LogP contribution in [-0.4, -0.2) is 27.9 Å². The molecule has 0 aliphatic carbocycles. The van der Waals surface area contributed by atoms with Gasteiger partial charge in [0.05, 0.1) is 23.2 Å². The zero-order valence-corrected chi connectivity index (χ0v) is 11.8. The number of amides is 3. The summed E-state index contributed by atoms with van der Waals surface area (Å²) in [4.78, 5) is 35.4. The minimum atomic E-state index is -0.553. The fourth-order valence-corrected chi connectivity index (χ4v) is 2.38. The van der Waals surface area contributed by atoms with Gasteiger partial charge in [-0.1, -0.05) is 12.1 Å². The van der Waals surface area contributed by atoms with Crippen LogP contribution in [0.4, 0.5) is 5.69 Å². The second-order valence-electron chi connectivity index (χ2n) is 5.06. The predicted octanol–water partition coefficient (Wildman–Crippen LogP) is 1.16. The Bertz CT molecular complexity index is 844. The van der Waals surface area contributed by atoms with Crippen molar-refractivity contribution in [1.29, 1.82) is 0 Å². The molecule has 0 unspecified atom stereocenters. The van der Waals surface area contributed by atoms with Crippen LogP contribution in [0.1, 0.15) is 26.3 Å². The summed E-state index contributed by atoms with van der Waals surface area (Å²) in [5, 5.41) is 23.4. The average Bonchev–Trinajstić information content (AvgIpc) is 2.79. The molecule has 2 aromatic carbocycles. The Kier molecular flexibility index (Phi) is 3.46. The molecule has 116 valence electrons. The molecule has 3 amide bonds. The number of phenols is 2. The molecule has 0 fully saturated rings. The van der Waals surface area contributed by atoms with E-state index in [0.29, 0.717) is 5.56 Å². The number of phenolic OH excluding ortho intramolecular Hbond substituents is 2. The number of nitrogens with one attached hydrogen (secondary N) is 2. The van der Waals surface area contributed by atoms with Gasteiger partial charge in [0.25, 0.3) is 11.8 Å². The average molecular weight is 312 g/mol. The molecular weight excluding hydrogens is 300 g/mol. The number of carbonyl (C=O) groups excluding carboxylic acids is 3. The minimum Gasteiger partial charge on any atom is -0.504 e. The number of imide groups is 1. The van der Waals surface area contributed by atoms with E-state index >= 15 is 0 Å². The Morgan fingerprint density at radius 1 is 1.04 bits per heavy atom. The number of benzene rings is 2. The van der Waals surface area contributed by atoms with Crippen molar-refractivity contribution in [3.05, 3.63) is 53.1 Å². The molecule has 23 heavy (non-hydrogen) atoms. The van der Waals surface area contributed by atoms with Crippen molar-refractivity contribution in [3.63, 3.8) is 0 Å². The Labute approximate surface area is 130 Å². The van der Waals surface area contributed by atoms with E-state index < -0.39 is 17.7 Å². The molecule has 1 aliphatic rings. The van der Waals surface area contributed by atoms with E-state index in [2.05, 4.69) is 10.6 Å². The van der Waals surface area contributed by atoms with Crippen LogP contribution >= 0.6 is 0 Å². The van der Waals surface area contributed by atoms with Gasteiger partial charge in [0.2, 0.25) is 5.91 Å². The molecule has 0 atom stereocenters. The number of hydrogen-bond acceptors (Lipinski definition) is 5. The van der Waals surface area contributed by atoms with Gasteiger partial charge in [-0.25, -0.2) is 0 Å². The van der Waals surface area contributed by atoms with Crippen LogP contribution in [0.3, 0.4) is 0 Å². The molecule has 0 radical (unpaired) electrons. The van der Waals surface area contributed by atoms with Crippen LogP contribution in [0.2, 0.25) is 0 Å². The van der Waals surface area contributed by atoms with Crippen LogP contribution in [-0.2, 0) is 11.2 Å². The van der Waals surface area contributed by atoms with Gasteiger partial charge in [-0.3, -0.25) is 19.7 Å². The molecule has 7 heteroatoms. The van der Waals surface area contributed by atoms with Gasteiger partial charge in [0.1, 0.15) is 0 Å². The molecule has 7 nitrogen and oxygen atoms in total. The molecule has 3 rings (SSSR count). The highest BCUT2D eigenvalue weighted by Gasteiger charge is 2.29. The Balaban J connectivity index is 1.80. The number of anilines is 1. The maximum atomic E-state index is 12.1. The second-order valence-corrected chi connectivity index (χ2v) is 5.06. The third-order valence-corrected chi connectivity index (χ3v) is 3.44.